The maximum Gasteiger partial charge on any atom is 0.233 e. The molecule has 1 aromatic heterocycles. The van der Waals surface area contributed by atoms with Crippen molar-refractivity contribution in [3.63, 3.8) is 0 Å². The summed E-state index contributed by atoms with van der Waals surface area (Å²) in [5.74, 6) is 0.583. The standard InChI is InChI=1S/C18H22N4OS2/c1-14-4-3-5-15(12-14)25-18-17(19-6-7-20-18)24-13-16(23)22-10-8-21(2)9-11-22/h3-7,12H,8-11,13H2,1-2H3. The van der Waals surface area contributed by atoms with Gasteiger partial charge in [-0.15, -0.1) is 0 Å². The second kappa shape index (κ2) is 8.69. The highest BCUT2D eigenvalue weighted by molar-refractivity contribution is 8.02. The number of benzene rings is 1. The summed E-state index contributed by atoms with van der Waals surface area (Å²) in [5.41, 5.74) is 1.22. The molecular formula is C18H22N4OS2. The number of aromatic nitrogens is 2. The van der Waals surface area contributed by atoms with E-state index >= 15 is 0 Å². The molecule has 0 spiro atoms. The number of hydrogen-bond donors (Lipinski definition) is 0. The van der Waals surface area contributed by atoms with Crippen LogP contribution in [0.4, 0.5) is 0 Å². The summed E-state index contributed by atoms with van der Waals surface area (Å²) in [6.45, 7) is 5.57. The first-order valence-electron chi connectivity index (χ1n) is 8.26. The maximum atomic E-state index is 12.4. The van der Waals surface area contributed by atoms with E-state index in [1.54, 1.807) is 24.2 Å². The quantitative estimate of drug-likeness (QED) is 0.750. The lowest BCUT2D eigenvalue weighted by molar-refractivity contribution is -0.129. The van der Waals surface area contributed by atoms with Gasteiger partial charge in [0, 0.05) is 43.5 Å². The average Bonchev–Trinajstić information content (AvgIpc) is 2.61. The first kappa shape index (κ1) is 18.2. The number of rotatable bonds is 5. The van der Waals surface area contributed by atoms with Crippen molar-refractivity contribution in [1.29, 1.82) is 0 Å². The summed E-state index contributed by atoms with van der Waals surface area (Å²) < 4.78 is 0. The van der Waals surface area contributed by atoms with Crippen molar-refractivity contribution in [3.05, 3.63) is 42.2 Å². The van der Waals surface area contributed by atoms with Crippen LogP contribution >= 0.6 is 23.5 Å². The van der Waals surface area contributed by atoms with Gasteiger partial charge in [0.25, 0.3) is 0 Å². The lowest BCUT2D eigenvalue weighted by atomic mass is 10.2. The second-order valence-corrected chi connectivity index (χ2v) is 8.08. The summed E-state index contributed by atoms with van der Waals surface area (Å²) in [5, 5.41) is 1.67. The van der Waals surface area contributed by atoms with E-state index in [1.165, 1.54) is 17.3 Å². The first-order chi connectivity index (χ1) is 12.1. The Morgan fingerprint density at radius 2 is 1.84 bits per heavy atom. The monoisotopic (exact) mass is 374 g/mol. The van der Waals surface area contributed by atoms with Crippen LogP contribution in [0, 0.1) is 6.92 Å². The van der Waals surface area contributed by atoms with Crippen LogP contribution in [0.15, 0.2) is 51.6 Å². The molecule has 2 heterocycles. The average molecular weight is 375 g/mol. The van der Waals surface area contributed by atoms with E-state index in [0.717, 1.165) is 41.1 Å². The van der Waals surface area contributed by atoms with E-state index in [1.807, 2.05) is 11.0 Å². The third kappa shape index (κ3) is 5.20. The molecule has 0 atom stereocenters. The minimum absolute atomic E-state index is 0.176. The van der Waals surface area contributed by atoms with Crippen molar-refractivity contribution in [1.82, 2.24) is 19.8 Å². The lowest BCUT2D eigenvalue weighted by Crippen LogP contribution is -2.47. The van der Waals surface area contributed by atoms with E-state index in [0.29, 0.717) is 5.75 Å². The fourth-order valence-corrected chi connectivity index (χ4v) is 4.47. The molecule has 0 N–H and O–H groups in total. The number of amides is 1. The highest BCUT2D eigenvalue weighted by Gasteiger charge is 2.20. The Balaban J connectivity index is 1.62. The van der Waals surface area contributed by atoms with Crippen LogP contribution in [0.3, 0.4) is 0 Å². The number of carbonyl (C=O) groups is 1. The Morgan fingerprint density at radius 1 is 1.12 bits per heavy atom. The van der Waals surface area contributed by atoms with Crippen LogP contribution < -0.4 is 0 Å². The number of hydrogen-bond acceptors (Lipinski definition) is 6. The molecule has 7 heteroatoms. The fourth-order valence-electron chi connectivity index (χ4n) is 2.55. The van der Waals surface area contributed by atoms with E-state index in [2.05, 4.69) is 47.0 Å². The van der Waals surface area contributed by atoms with Crippen LogP contribution in [-0.4, -0.2) is 64.7 Å². The van der Waals surface area contributed by atoms with Gasteiger partial charge in [0.1, 0.15) is 10.1 Å². The molecule has 0 aliphatic carbocycles. The van der Waals surface area contributed by atoms with Crippen molar-refractivity contribution < 1.29 is 4.79 Å². The van der Waals surface area contributed by atoms with E-state index in [4.69, 9.17) is 0 Å². The van der Waals surface area contributed by atoms with Crippen molar-refractivity contribution in [2.45, 2.75) is 21.9 Å². The van der Waals surface area contributed by atoms with E-state index in [9.17, 15) is 4.79 Å². The third-order valence-electron chi connectivity index (χ3n) is 4.03. The van der Waals surface area contributed by atoms with Gasteiger partial charge in [0.2, 0.25) is 5.91 Å². The largest absolute Gasteiger partial charge is 0.339 e. The van der Waals surface area contributed by atoms with Gasteiger partial charge < -0.3 is 9.80 Å². The normalized spacial score (nSPS) is 15.4. The SMILES string of the molecule is Cc1cccc(Sc2nccnc2SCC(=O)N2CCN(C)CC2)c1. The number of nitrogens with zero attached hydrogens (tertiary/aromatic N) is 4. The van der Waals surface area contributed by atoms with Gasteiger partial charge in [-0.3, -0.25) is 4.79 Å². The van der Waals surface area contributed by atoms with Gasteiger partial charge in [0.05, 0.1) is 5.75 Å². The summed E-state index contributed by atoms with van der Waals surface area (Å²) in [4.78, 5) is 26.6. The van der Waals surface area contributed by atoms with E-state index < -0.39 is 0 Å². The molecule has 0 bridgehead atoms. The van der Waals surface area contributed by atoms with Crippen LogP contribution in [0.25, 0.3) is 0 Å². The van der Waals surface area contributed by atoms with Gasteiger partial charge in [-0.05, 0) is 26.1 Å². The number of likely N-dealkylation sites (N-methyl/N-ethyl adjacent to an activating group) is 1. The molecular weight excluding hydrogens is 352 g/mol. The molecule has 2 aromatic rings. The van der Waals surface area contributed by atoms with Gasteiger partial charge in [-0.25, -0.2) is 9.97 Å². The Labute approximate surface area is 157 Å². The van der Waals surface area contributed by atoms with Crippen molar-refractivity contribution in [2.75, 3.05) is 39.0 Å². The predicted octanol–water partition coefficient (Wildman–Crippen LogP) is 2.80. The Hall–Kier alpha value is -1.57. The molecule has 1 amide bonds. The van der Waals surface area contributed by atoms with Crippen molar-refractivity contribution in [3.8, 4) is 0 Å². The molecule has 0 saturated carbocycles. The highest BCUT2D eigenvalue weighted by Crippen LogP contribution is 2.32. The first-order valence-corrected chi connectivity index (χ1v) is 10.1. The molecule has 5 nitrogen and oxygen atoms in total. The lowest BCUT2D eigenvalue weighted by Gasteiger charge is -2.32. The summed E-state index contributed by atoms with van der Waals surface area (Å²) >= 11 is 3.06. The highest BCUT2D eigenvalue weighted by atomic mass is 32.2. The van der Waals surface area contributed by atoms with Gasteiger partial charge in [-0.1, -0.05) is 41.2 Å². The summed E-state index contributed by atoms with van der Waals surface area (Å²) in [6.07, 6.45) is 3.38. The van der Waals surface area contributed by atoms with Gasteiger partial charge in [-0.2, -0.15) is 0 Å². The Morgan fingerprint density at radius 3 is 2.56 bits per heavy atom. The molecule has 1 aliphatic heterocycles. The van der Waals surface area contributed by atoms with Gasteiger partial charge >= 0.3 is 0 Å². The van der Waals surface area contributed by atoms with Crippen LogP contribution in [0.5, 0.6) is 0 Å². The van der Waals surface area contributed by atoms with Gasteiger partial charge in [0.15, 0.2) is 0 Å². The minimum atomic E-state index is 0.176. The molecule has 0 radical (unpaired) electrons. The van der Waals surface area contributed by atoms with Crippen LogP contribution in [-0.2, 0) is 4.79 Å². The zero-order valence-corrected chi connectivity index (χ0v) is 16.1. The van der Waals surface area contributed by atoms with Crippen LogP contribution in [0.2, 0.25) is 0 Å². The molecule has 25 heavy (non-hydrogen) atoms. The zero-order chi connectivity index (χ0) is 17.6. The molecule has 1 aliphatic rings. The topological polar surface area (TPSA) is 49.3 Å². The number of piperazine rings is 1. The smallest absolute Gasteiger partial charge is 0.233 e. The summed E-state index contributed by atoms with van der Waals surface area (Å²) in [7, 11) is 2.09. The molecule has 3 rings (SSSR count). The minimum Gasteiger partial charge on any atom is -0.339 e. The molecule has 1 saturated heterocycles. The zero-order valence-electron chi connectivity index (χ0n) is 14.5. The molecule has 1 aromatic carbocycles. The maximum absolute atomic E-state index is 12.4. The second-order valence-electron chi connectivity index (χ2n) is 6.06. The molecule has 0 unspecified atom stereocenters. The van der Waals surface area contributed by atoms with E-state index in [-0.39, 0.29) is 5.91 Å². The van der Waals surface area contributed by atoms with Crippen molar-refractivity contribution >= 4 is 29.4 Å². The van der Waals surface area contributed by atoms with Crippen molar-refractivity contribution in [2.24, 2.45) is 0 Å². The third-order valence-corrected chi connectivity index (χ3v) is 6.10. The number of aryl methyl sites for hydroxylation is 1. The van der Waals surface area contributed by atoms with Crippen LogP contribution in [0.1, 0.15) is 5.56 Å². The number of thioether (sulfide) groups is 1. The molecule has 132 valence electrons. The molecule has 1 fully saturated rings. The number of carbonyl (C=O) groups excluding carboxylic acids is 1. The fraction of sp³-hybridized carbons (Fsp3) is 0.389. The Kier molecular flexibility index (Phi) is 6.34. The summed E-state index contributed by atoms with van der Waals surface area (Å²) in [6, 6.07) is 8.31. The predicted molar refractivity (Wildman–Crippen MR) is 102 cm³/mol. The Bertz CT molecular complexity index is 733.